The highest BCUT2D eigenvalue weighted by atomic mass is 35.5. The number of sulfonamides is 1. The van der Waals surface area contributed by atoms with Crippen LogP contribution in [0, 0.1) is 6.92 Å². The first-order valence-electron chi connectivity index (χ1n) is 8.80. The number of hydrogen-bond donors (Lipinski definition) is 3. The van der Waals surface area contributed by atoms with Crippen molar-refractivity contribution in [2.75, 3.05) is 52.4 Å². The summed E-state index contributed by atoms with van der Waals surface area (Å²) < 4.78 is 27.4. The lowest BCUT2D eigenvalue weighted by atomic mass is 10.2. The summed E-state index contributed by atoms with van der Waals surface area (Å²) in [4.78, 5) is 0.381. The van der Waals surface area contributed by atoms with Crippen LogP contribution in [0.5, 0.6) is 0 Å². The van der Waals surface area contributed by atoms with Gasteiger partial charge in [0, 0.05) is 32.7 Å². The molecule has 3 N–H and O–H groups in total. The maximum Gasteiger partial charge on any atom is 0.243 e. The van der Waals surface area contributed by atoms with Crippen molar-refractivity contribution < 1.29 is 8.42 Å². The Bertz CT molecular complexity index is 574. The van der Waals surface area contributed by atoms with Gasteiger partial charge in [-0.2, -0.15) is 4.31 Å². The molecule has 0 spiro atoms. The molecule has 1 aliphatic rings. The molecule has 1 saturated heterocycles. The van der Waals surface area contributed by atoms with Gasteiger partial charge in [-0.3, -0.25) is 0 Å². The Hall–Kier alpha value is -0.120. The average molecular weight is 464 g/mol. The van der Waals surface area contributed by atoms with Gasteiger partial charge >= 0.3 is 0 Å². The summed E-state index contributed by atoms with van der Waals surface area (Å²) in [5.74, 6) is 0. The molecule has 0 aliphatic carbocycles. The van der Waals surface area contributed by atoms with E-state index in [1.807, 2.05) is 19.1 Å². The Balaban J connectivity index is 0. The molecule has 1 aliphatic heterocycles. The van der Waals surface area contributed by atoms with Crippen molar-refractivity contribution in [2.24, 2.45) is 0 Å². The molecule has 1 fully saturated rings. The van der Waals surface area contributed by atoms with E-state index in [1.165, 1.54) is 0 Å². The largest absolute Gasteiger partial charge is 0.315 e. The molecule has 1 aromatic carbocycles. The lowest BCUT2D eigenvalue weighted by Crippen LogP contribution is -2.40. The van der Waals surface area contributed by atoms with Crippen LogP contribution in [0.2, 0.25) is 0 Å². The van der Waals surface area contributed by atoms with Crippen molar-refractivity contribution in [3.05, 3.63) is 29.8 Å². The molecule has 0 saturated carbocycles. The fourth-order valence-electron chi connectivity index (χ4n) is 2.69. The van der Waals surface area contributed by atoms with Crippen LogP contribution in [0.25, 0.3) is 0 Å². The molecular formula is C17H33Cl3N4O2S. The molecule has 0 radical (unpaired) electrons. The number of aryl methyl sites for hydroxylation is 1. The van der Waals surface area contributed by atoms with E-state index in [2.05, 4.69) is 16.0 Å². The maximum absolute atomic E-state index is 12.9. The van der Waals surface area contributed by atoms with Crippen LogP contribution >= 0.6 is 37.2 Å². The fourth-order valence-corrected chi connectivity index (χ4v) is 4.17. The van der Waals surface area contributed by atoms with E-state index >= 15 is 0 Å². The third-order valence-electron chi connectivity index (χ3n) is 4.14. The van der Waals surface area contributed by atoms with E-state index in [4.69, 9.17) is 0 Å². The summed E-state index contributed by atoms with van der Waals surface area (Å²) in [6, 6.07) is 7.11. The van der Waals surface area contributed by atoms with E-state index in [0.717, 1.165) is 51.1 Å². The molecule has 160 valence electrons. The normalized spacial score (nSPS) is 18.1. The first kappa shape index (κ1) is 29.1. The van der Waals surface area contributed by atoms with Gasteiger partial charge < -0.3 is 16.0 Å². The van der Waals surface area contributed by atoms with Gasteiger partial charge in [-0.05, 0) is 51.5 Å². The summed E-state index contributed by atoms with van der Waals surface area (Å²) in [5.41, 5.74) is 1.06. The first-order chi connectivity index (χ1) is 11.6. The first-order valence-corrected chi connectivity index (χ1v) is 10.2. The van der Waals surface area contributed by atoms with Crippen molar-refractivity contribution in [1.29, 1.82) is 0 Å². The van der Waals surface area contributed by atoms with Gasteiger partial charge in [-0.15, -0.1) is 37.2 Å². The molecule has 2 rings (SSSR count). The zero-order valence-corrected chi connectivity index (χ0v) is 19.0. The zero-order valence-electron chi connectivity index (χ0n) is 15.8. The number of halogens is 3. The van der Waals surface area contributed by atoms with E-state index in [1.54, 1.807) is 16.4 Å². The number of nitrogens with one attached hydrogen (secondary N) is 3. The van der Waals surface area contributed by atoms with Crippen molar-refractivity contribution in [2.45, 2.75) is 24.7 Å². The topological polar surface area (TPSA) is 73.5 Å². The number of rotatable bonds is 2. The molecule has 1 heterocycles. The molecule has 10 heteroatoms. The fraction of sp³-hybridized carbons (Fsp3) is 0.647. The molecule has 0 aromatic heterocycles. The smallest absolute Gasteiger partial charge is 0.243 e. The second-order valence-corrected chi connectivity index (χ2v) is 8.11. The van der Waals surface area contributed by atoms with E-state index < -0.39 is 10.0 Å². The average Bonchev–Trinajstić information content (AvgIpc) is 2.57. The van der Waals surface area contributed by atoms with Crippen LogP contribution in [-0.2, 0) is 10.0 Å². The van der Waals surface area contributed by atoms with Gasteiger partial charge in [0.2, 0.25) is 10.0 Å². The van der Waals surface area contributed by atoms with Crippen molar-refractivity contribution >= 4 is 47.2 Å². The summed E-state index contributed by atoms with van der Waals surface area (Å²) in [7, 11) is -3.43. The number of nitrogens with zero attached hydrogens (tertiary/aromatic N) is 1. The Morgan fingerprint density at radius 2 is 1.26 bits per heavy atom. The van der Waals surface area contributed by atoms with Crippen LogP contribution in [0.1, 0.15) is 18.4 Å². The van der Waals surface area contributed by atoms with Crippen LogP contribution in [0.15, 0.2) is 29.2 Å². The van der Waals surface area contributed by atoms with Gasteiger partial charge in [-0.1, -0.05) is 17.7 Å². The minimum Gasteiger partial charge on any atom is -0.315 e. The second kappa shape index (κ2) is 15.8. The Morgan fingerprint density at radius 1 is 0.741 bits per heavy atom. The van der Waals surface area contributed by atoms with Gasteiger partial charge in [0.25, 0.3) is 0 Å². The molecular weight excluding hydrogens is 431 g/mol. The number of benzene rings is 1. The highest BCUT2D eigenvalue weighted by Gasteiger charge is 2.23. The van der Waals surface area contributed by atoms with E-state index in [9.17, 15) is 8.42 Å². The highest BCUT2D eigenvalue weighted by Crippen LogP contribution is 2.16. The third-order valence-corrected chi connectivity index (χ3v) is 6.06. The SMILES string of the molecule is Cc1ccc(S(=O)(=O)N2CCCNCCNCCCNCC2)cc1.Cl.Cl.Cl. The van der Waals surface area contributed by atoms with Gasteiger partial charge in [0.15, 0.2) is 0 Å². The van der Waals surface area contributed by atoms with Gasteiger partial charge in [0.1, 0.15) is 0 Å². The molecule has 0 bridgehead atoms. The monoisotopic (exact) mass is 462 g/mol. The van der Waals surface area contributed by atoms with Crippen molar-refractivity contribution in [3.8, 4) is 0 Å². The van der Waals surface area contributed by atoms with E-state index in [0.29, 0.717) is 24.5 Å². The lowest BCUT2D eigenvalue weighted by molar-refractivity contribution is 0.391. The molecule has 1 aromatic rings. The summed E-state index contributed by atoms with van der Waals surface area (Å²) in [5, 5.41) is 10.1. The summed E-state index contributed by atoms with van der Waals surface area (Å²) >= 11 is 0. The van der Waals surface area contributed by atoms with Gasteiger partial charge in [-0.25, -0.2) is 8.42 Å². The van der Waals surface area contributed by atoms with Crippen molar-refractivity contribution in [3.63, 3.8) is 0 Å². The minimum atomic E-state index is -3.43. The van der Waals surface area contributed by atoms with Crippen LogP contribution < -0.4 is 16.0 Å². The van der Waals surface area contributed by atoms with Crippen LogP contribution in [0.4, 0.5) is 0 Å². The maximum atomic E-state index is 12.9. The summed E-state index contributed by atoms with van der Waals surface area (Å²) in [6.45, 7) is 8.26. The predicted molar refractivity (Wildman–Crippen MR) is 120 cm³/mol. The Kier molecular flexibility index (Phi) is 17.0. The molecule has 0 amide bonds. The molecule has 0 atom stereocenters. The second-order valence-electron chi connectivity index (χ2n) is 6.17. The van der Waals surface area contributed by atoms with Crippen LogP contribution in [-0.4, -0.2) is 65.1 Å². The van der Waals surface area contributed by atoms with Gasteiger partial charge in [0.05, 0.1) is 4.90 Å². The highest BCUT2D eigenvalue weighted by molar-refractivity contribution is 7.89. The lowest BCUT2D eigenvalue weighted by Gasteiger charge is -2.23. The van der Waals surface area contributed by atoms with E-state index in [-0.39, 0.29) is 37.2 Å². The molecule has 6 nitrogen and oxygen atoms in total. The predicted octanol–water partition coefficient (Wildman–Crippen LogP) is 1.81. The quantitative estimate of drug-likeness (QED) is 0.624. The standard InChI is InChI=1S/C17H30N4O2S.3ClH/c1-16-4-6-17(7-5-16)24(22,23)21-14-3-10-19-12-11-18-8-2-9-20-13-15-21;;;/h4-7,18-20H,2-3,8-15H2,1H3;3*1H. The summed E-state index contributed by atoms with van der Waals surface area (Å²) in [6.07, 6.45) is 1.86. The molecule has 27 heavy (non-hydrogen) atoms. The van der Waals surface area contributed by atoms with Crippen molar-refractivity contribution in [1.82, 2.24) is 20.3 Å². The third kappa shape index (κ3) is 10.3. The Morgan fingerprint density at radius 3 is 1.85 bits per heavy atom. The van der Waals surface area contributed by atoms with Crippen LogP contribution in [0.3, 0.4) is 0 Å². The Labute approximate surface area is 182 Å². The zero-order chi connectivity index (χ0) is 17.3. The number of hydrogen-bond acceptors (Lipinski definition) is 5. The molecule has 0 unspecified atom stereocenters. The minimum absolute atomic E-state index is 0.